The number of likely N-dealkylation sites (tertiary alicyclic amines) is 1. The van der Waals surface area contributed by atoms with Crippen molar-refractivity contribution in [3.05, 3.63) is 29.3 Å². The van der Waals surface area contributed by atoms with Gasteiger partial charge in [0.1, 0.15) is 0 Å². The van der Waals surface area contributed by atoms with Crippen LogP contribution in [0, 0.1) is 0 Å². The van der Waals surface area contributed by atoms with E-state index in [1.165, 1.54) is 5.56 Å². The van der Waals surface area contributed by atoms with Crippen LogP contribution in [0.3, 0.4) is 0 Å². The number of hydrogen-bond acceptors (Lipinski definition) is 3. The molecule has 3 aliphatic rings. The lowest BCUT2D eigenvalue weighted by atomic mass is 10.1. The van der Waals surface area contributed by atoms with Gasteiger partial charge < -0.3 is 15.0 Å². The van der Waals surface area contributed by atoms with E-state index in [0.717, 1.165) is 50.1 Å². The Morgan fingerprint density at radius 2 is 2.05 bits per heavy atom. The molecule has 0 aliphatic carbocycles. The van der Waals surface area contributed by atoms with Gasteiger partial charge in [-0.3, -0.25) is 4.79 Å². The Kier molecular flexibility index (Phi) is 2.52. The average Bonchev–Trinajstić information content (AvgIpc) is 3.03. The van der Waals surface area contributed by atoms with E-state index in [0.29, 0.717) is 0 Å². The first kappa shape index (κ1) is 11.3. The molecular weight excluding hydrogens is 240 g/mol. The summed E-state index contributed by atoms with van der Waals surface area (Å²) in [4.78, 5) is 14.5. The van der Waals surface area contributed by atoms with Crippen LogP contribution < -0.4 is 5.32 Å². The number of rotatable bonds is 1. The number of carbonyl (C=O) groups excluding carboxylic acids is 1. The first-order valence-electron chi connectivity index (χ1n) is 7.11. The summed E-state index contributed by atoms with van der Waals surface area (Å²) in [6, 6.07) is 6.05. The Hall–Kier alpha value is -1.55. The van der Waals surface area contributed by atoms with Crippen molar-refractivity contribution < 1.29 is 9.53 Å². The Balaban J connectivity index is 1.57. The highest BCUT2D eigenvalue weighted by Gasteiger charge is 2.36. The summed E-state index contributed by atoms with van der Waals surface area (Å²) in [5.74, 6) is 0.150. The molecule has 2 bridgehead atoms. The minimum Gasteiger partial charge on any atom is -0.384 e. The molecule has 4 nitrogen and oxygen atoms in total. The fourth-order valence-corrected chi connectivity index (χ4v) is 3.39. The van der Waals surface area contributed by atoms with Crippen LogP contribution in [0.5, 0.6) is 0 Å². The number of amides is 1. The van der Waals surface area contributed by atoms with Gasteiger partial charge in [0.15, 0.2) is 0 Å². The van der Waals surface area contributed by atoms with Gasteiger partial charge in [-0.25, -0.2) is 0 Å². The summed E-state index contributed by atoms with van der Waals surface area (Å²) >= 11 is 0. The number of hydrogen-bond donors (Lipinski definition) is 1. The predicted octanol–water partition coefficient (Wildman–Crippen LogP) is 1.66. The molecule has 2 atom stereocenters. The molecule has 0 saturated carbocycles. The summed E-state index contributed by atoms with van der Waals surface area (Å²) in [6.07, 6.45) is 3.77. The van der Waals surface area contributed by atoms with E-state index in [4.69, 9.17) is 4.74 Å². The molecule has 4 rings (SSSR count). The average molecular weight is 258 g/mol. The Morgan fingerprint density at radius 1 is 1.26 bits per heavy atom. The first-order valence-corrected chi connectivity index (χ1v) is 7.11. The van der Waals surface area contributed by atoms with Gasteiger partial charge >= 0.3 is 0 Å². The lowest BCUT2D eigenvalue weighted by molar-refractivity contribution is -0.0303. The second-order valence-electron chi connectivity index (χ2n) is 5.72. The third-order valence-electron chi connectivity index (χ3n) is 4.40. The van der Waals surface area contributed by atoms with Gasteiger partial charge in [0.25, 0.3) is 5.91 Å². The number of benzene rings is 1. The summed E-state index contributed by atoms with van der Waals surface area (Å²) in [7, 11) is 0. The van der Waals surface area contributed by atoms with Crippen LogP contribution in [0.15, 0.2) is 18.2 Å². The fraction of sp³-hybridized carbons (Fsp3) is 0.533. The Morgan fingerprint density at radius 3 is 2.84 bits per heavy atom. The molecule has 3 aliphatic heterocycles. The standard InChI is InChI=1S/C15H18N2O2/c18-15(17-8-12-3-4-13(9-17)19-12)11-2-1-10-5-6-16-14(10)7-11/h1-2,7,12-13,16H,3-6,8-9H2. The van der Waals surface area contributed by atoms with Crippen molar-refractivity contribution in [3.63, 3.8) is 0 Å². The molecule has 3 heterocycles. The quantitative estimate of drug-likeness (QED) is 0.833. The van der Waals surface area contributed by atoms with Gasteiger partial charge in [-0.2, -0.15) is 0 Å². The summed E-state index contributed by atoms with van der Waals surface area (Å²) < 4.78 is 5.78. The van der Waals surface area contributed by atoms with Crippen LogP contribution in [-0.4, -0.2) is 42.6 Å². The number of nitrogens with zero attached hydrogens (tertiary/aromatic N) is 1. The molecule has 100 valence electrons. The third-order valence-corrected chi connectivity index (χ3v) is 4.40. The van der Waals surface area contributed by atoms with E-state index in [1.54, 1.807) is 0 Å². The normalized spacial score (nSPS) is 28.1. The van der Waals surface area contributed by atoms with E-state index in [1.807, 2.05) is 17.0 Å². The van der Waals surface area contributed by atoms with Crippen LogP contribution in [-0.2, 0) is 11.2 Å². The Labute approximate surface area is 112 Å². The van der Waals surface area contributed by atoms with E-state index < -0.39 is 0 Å². The van der Waals surface area contributed by atoms with Crippen molar-refractivity contribution in [1.82, 2.24) is 4.90 Å². The molecule has 1 amide bonds. The highest BCUT2D eigenvalue weighted by atomic mass is 16.5. The molecule has 19 heavy (non-hydrogen) atoms. The van der Waals surface area contributed by atoms with Crippen LogP contribution in [0.2, 0.25) is 0 Å². The minimum atomic E-state index is 0.150. The van der Waals surface area contributed by atoms with Crippen molar-refractivity contribution in [2.75, 3.05) is 25.0 Å². The maximum Gasteiger partial charge on any atom is 0.254 e. The van der Waals surface area contributed by atoms with Gasteiger partial charge in [0.05, 0.1) is 12.2 Å². The number of fused-ring (bicyclic) bond motifs is 3. The second kappa shape index (κ2) is 4.23. The summed E-state index contributed by atoms with van der Waals surface area (Å²) in [5, 5.41) is 3.33. The molecule has 0 radical (unpaired) electrons. The highest BCUT2D eigenvalue weighted by molar-refractivity contribution is 5.95. The molecule has 1 aromatic carbocycles. The van der Waals surface area contributed by atoms with E-state index in [2.05, 4.69) is 11.4 Å². The number of morpholine rings is 1. The Bertz CT molecular complexity index is 517. The maximum absolute atomic E-state index is 12.6. The third kappa shape index (κ3) is 1.91. The van der Waals surface area contributed by atoms with Gasteiger partial charge in [0, 0.05) is 30.9 Å². The lowest BCUT2D eigenvalue weighted by Gasteiger charge is -2.32. The lowest BCUT2D eigenvalue weighted by Crippen LogP contribution is -2.45. The van der Waals surface area contributed by atoms with Crippen molar-refractivity contribution >= 4 is 11.6 Å². The largest absolute Gasteiger partial charge is 0.384 e. The second-order valence-corrected chi connectivity index (χ2v) is 5.72. The van der Waals surface area contributed by atoms with Crippen LogP contribution in [0.25, 0.3) is 0 Å². The van der Waals surface area contributed by atoms with Crippen molar-refractivity contribution in [2.24, 2.45) is 0 Å². The zero-order valence-corrected chi connectivity index (χ0v) is 10.9. The van der Waals surface area contributed by atoms with Gasteiger partial charge in [0.2, 0.25) is 0 Å². The molecule has 2 unspecified atom stereocenters. The smallest absolute Gasteiger partial charge is 0.254 e. The molecule has 2 saturated heterocycles. The zero-order chi connectivity index (χ0) is 12.8. The van der Waals surface area contributed by atoms with E-state index >= 15 is 0 Å². The summed E-state index contributed by atoms with van der Waals surface area (Å²) in [6.45, 7) is 2.48. The molecule has 0 aromatic heterocycles. The summed E-state index contributed by atoms with van der Waals surface area (Å²) in [5.41, 5.74) is 3.25. The minimum absolute atomic E-state index is 0.150. The van der Waals surface area contributed by atoms with Gasteiger partial charge in [-0.05, 0) is 37.0 Å². The highest BCUT2D eigenvalue weighted by Crippen LogP contribution is 2.28. The van der Waals surface area contributed by atoms with E-state index in [9.17, 15) is 4.79 Å². The van der Waals surface area contributed by atoms with Crippen molar-refractivity contribution in [3.8, 4) is 0 Å². The molecule has 0 spiro atoms. The predicted molar refractivity (Wildman–Crippen MR) is 72.4 cm³/mol. The van der Waals surface area contributed by atoms with Crippen LogP contribution >= 0.6 is 0 Å². The van der Waals surface area contributed by atoms with Gasteiger partial charge in [-0.1, -0.05) is 6.07 Å². The first-order chi connectivity index (χ1) is 9.29. The molecule has 4 heteroatoms. The van der Waals surface area contributed by atoms with E-state index in [-0.39, 0.29) is 18.1 Å². The molecule has 2 fully saturated rings. The maximum atomic E-state index is 12.6. The molecule has 1 aromatic rings. The number of ether oxygens (including phenoxy) is 1. The molecular formula is C15H18N2O2. The number of nitrogens with one attached hydrogen (secondary N) is 1. The van der Waals surface area contributed by atoms with Crippen LogP contribution in [0.4, 0.5) is 5.69 Å². The fourth-order valence-electron chi connectivity index (χ4n) is 3.39. The van der Waals surface area contributed by atoms with Crippen molar-refractivity contribution in [2.45, 2.75) is 31.5 Å². The number of carbonyl (C=O) groups is 1. The van der Waals surface area contributed by atoms with Crippen LogP contribution in [0.1, 0.15) is 28.8 Å². The topological polar surface area (TPSA) is 41.6 Å². The molecule has 1 N–H and O–H groups in total. The SMILES string of the molecule is O=C(c1ccc2c(c1)NCC2)N1CC2CCC(C1)O2. The number of anilines is 1. The zero-order valence-electron chi connectivity index (χ0n) is 10.9. The van der Waals surface area contributed by atoms with Gasteiger partial charge in [-0.15, -0.1) is 0 Å². The monoisotopic (exact) mass is 258 g/mol. The van der Waals surface area contributed by atoms with Crippen molar-refractivity contribution in [1.29, 1.82) is 0 Å².